The summed E-state index contributed by atoms with van der Waals surface area (Å²) < 4.78 is 8.92. The first-order valence-corrected chi connectivity index (χ1v) is 16.7. The van der Waals surface area contributed by atoms with Gasteiger partial charge in [0.15, 0.2) is 5.58 Å². The maximum Gasteiger partial charge on any atom is 0.160 e. The fraction of sp³-hybridized carbons (Fsp3) is 0. The highest BCUT2D eigenvalue weighted by molar-refractivity contribution is 6.21. The normalized spacial score (nSPS) is 11.7. The van der Waals surface area contributed by atoms with Crippen molar-refractivity contribution >= 4 is 71.6 Å². The van der Waals surface area contributed by atoms with E-state index in [0.717, 1.165) is 55.7 Å². The van der Waals surface area contributed by atoms with Crippen LogP contribution < -0.4 is 4.90 Å². The largest absolute Gasteiger partial charge is 0.454 e. The molecule has 2 heterocycles. The highest BCUT2D eigenvalue weighted by Crippen LogP contribution is 2.41. The number of rotatable bonds is 5. The van der Waals surface area contributed by atoms with Crippen LogP contribution in [-0.2, 0) is 0 Å². The van der Waals surface area contributed by atoms with Crippen LogP contribution in [0.3, 0.4) is 0 Å². The monoisotopic (exact) mass is 626 g/mol. The third-order valence-electron chi connectivity index (χ3n) is 9.77. The van der Waals surface area contributed by atoms with Crippen molar-refractivity contribution in [1.82, 2.24) is 4.57 Å². The zero-order chi connectivity index (χ0) is 32.3. The predicted molar refractivity (Wildman–Crippen MR) is 206 cm³/mol. The summed E-state index contributed by atoms with van der Waals surface area (Å²) in [5.41, 5.74) is 10.9. The van der Waals surface area contributed by atoms with Crippen molar-refractivity contribution < 1.29 is 4.42 Å². The first kappa shape index (κ1) is 27.5. The lowest BCUT2D eigenvalue weighted by molar-refractivity contribution is 0.671. The van der Waals surface area contributed by atoms with E-state index in [1.807, 2.05) is 6.07 Å². The van der Waals surface area contributed by atoms with E-state index >= 15 is 0 Å². The molecule has 10 aromatic rings. The average molecular weight is 627 g/mol. The SMILES string of the molecule is c1ccc(N(c2ccc(-c3ccc4ccccc4c3)cc2)c2ccc(-n3c4ccccc4c4ccc5c6ccccc6oc5c43)cc2)cc1. The second kappa shape index (κ2) is 11.0. The molecule has 2 aromatic heterocycles. The van der Waals surface area contributed by atoms with E-state index in [0.29, 0.717) is 0 Å². The molecule has 3 heteroatoms. The number of hydrogen-bond donors (Lipinski definition) is 0. The zero-order valence-electron chi connectivity index (χ0n) is 26.6. The van der Waals surface area contributed by atoms with Gasteiger partial charge in [0, 0.05) is 44.3 Å². The number of hydrogen-bond acceptors (Lipinski definition) is 2. The molecular formula is C46H30N2O. The van der Waals surface area contributed by atoms with Crippen LogP contribution >= 0.6 is 0 Å². The van der Waals surface area contributed by atoms with Crippen molar-refractivity contribution in [2.45, 2.75) is 0 Å². The molecule has 0 fully saturated rings. The van der Waals surface area contributed by atoms with Crippen molar-refractivity contribution in [2.75, 3.05) is 4.90 Å². The van der Waals surface area contributed by atoms with E-state index in [9.17, 15) is 0 Å². The van der Waals surface area contributed by atoms with Crippen molar-refractivity contribution in [3.05, 3.63) is 182 Å². The molecule has 0 saturated heterocycles. The topological polar surface area (TPSA) is 21.3 Å². The van der Waals surface area contributed by atoms with Gasteiger partial charge in [-0.1, -0.05) is 109 Å². The molecule has 0 N–H and O–H groups in total. The fourth-order valence-corrected chi connectivity index (χ4v) is 7.45. The summed E-state index contributed by atoms with van der Waals surface area (Å²) in [6, 6.07) is 64.9. The Balaban J connectivity index is 1.09. The summed E-state index contributed by atoms with van der Waals surface area (Å²) in [4.78, 5) is 2.32. The lowest BCUT2D eigenvalue weighted by Gasteiger charge is -2.26. The summed E-state index contributed by atoms with van der Waals surface area (Å²) in [6.45, 7) is 0. The summed E-state index contributed by atoms with van der Waals surface area (Å²) in [7, 11) is 0. The molecule has 0 aliphatic heterocycles. The number of benzene rings is 8. The molecular weight excluding hydrogens is 597 g/mol. The minimum atomic E-state index is 0.905. The maximum atomic E-state index is 6.57. The average Bonchev–Trinajstić information content (AvgIpc) is 3.72. The number of para-hydroxylation sites is 3. The molecule has 0 spiro atoms. The van der Waals surface area contributed by atoms with Crippen molar-refractivity contribution in [3.8, 4) is 16.8 Å². The second-order valence-corrected chi connectivity index (χ2v) is 12.6. The van der Waals surface area contributed by atoms with Crippen molar-refractivity contribution in [2.24, 2.45) is 0 Å². The van der Waals surface area contributed by atoms with Gasteiger partial charge in [-0.3, -0.25) is 0 Å². The maximum absolute atomic E-state index is 6.57. The molecule has 0 aliphatic rings. The Labute approximate surface area is 283 Å². The first-order valence-electron chi connectivity index (χ1n) is 16.7. The summed E-state index contributed by atoms with van der Waals surface area (Å²) >= 11 is 0. The number of nitrogens with zero attached hydrogens (tertiary/aromatic N) is 2. The standard InChI is InChI=1S/C46H30N2O/c1-2-12-35(13-3-1)47(36-22-20-32(21-23-36)34-19-18-31-10-4-5-11-33(31)30-34)37-24-26-38(27-25-37)48-43-16-8-6-14-39(43)41-28-29-42-40-15-7-9-17-44(40)49-46(42)45(41)48/h1-30H. The third-order valence-corrected chi connectivity index (χ3v) is 9.77. The molecule has 49 heavy (non-hydrogen) atoms. The zero-order valence-corrected chi connectivity index (χ0v) is 26.6. The van der Waals surface area contributed by atoms with Crippen LogP contribution in [0.1, 0.15) is 0 Å². The highest BCUT2D eigenvalue weighted by atomic mass is 16.3. The highest BCUT2D eigenvalue weighted by Gasteiger charge is 2.19. The Morgan fingerprint density at radius 2 is 1.02 bits per heavy atom. The van der Waals surface area contributed by atoms with E-state index in [4.69, 9.17) is 4.42 Å². The summed E-state index contributed by atoms with van der Waals surface area (Å²) in [5.74, 6) is 0. The molecule has 8 aromatic carbocycles. The number of furan rings is 1. The smallest absolute Gasteiger partial charge is 0.160 e. The Kier molecular flexibility index (Phi) is 6.18. The van der Waals surface area contributed by atoms with E-state index in [1.165, 1.54) is 32.7 Å². The lowest BCUT2D eigenvalue weighted by atomic mass is 10.0. The molecule has 0 radical (unpaired) electrons. The molecule has 10 rings (SSSR count). The predicted octanol–water partition coefficient (Wildman–Crippen LogP) is 13.0. The van der Waals surface area contributed by atoms with Crippen molar-refractivity contribution in [1.29, 1.82) is 0 Å². The molecule has 0 amide bonds. The first-order chi connectivity index (χ1) is 24.3. The fourth-order valence-electron chi connectivity index (χ4n) is 7.45. The van der Waals surface area contributed by atoms with Gasteiger partial charge in [-0.05, 0) is 94.7 Å². The van der Waals surface area contributed by atoms with Gasteiger partial charge >= 0.3 is 0 Å². The van der Waals surface area contributed by atoms with Gasteiger partial charge < -0.3 is 13.9 Å². The number of aromatic nitrogens is 1. The van der Waals surface area contributed by atoms with Crippen molar-refractivity contribution in [3.63, 3.8) is 0 Å². The lowest BCUT2D eigenvalue weighted by Crippen LogP contribution is -2.10. The van der Waals surface area contributed by atoms with Gasteiger partial charge in [-0.15, -0.1) is 0 Å². The molecule has 0 unspecified atom stereocenters. The van der Waals surface area contributed by atoms with Gasteiger partial charge in [0.1, 0.15) is 5.58 Å². The molecule has 0 aliphatic carbocycles. The van der Waals surface area contributed by atoms with Crippen LogP contribution in [-0.4, -0.2) is 4.57 Å². The van der Waals surface area contributed by atoms with Gasteiger partial charge in [0.25, 0.3) is 0 Å². The van der Waals surface area contributed by atoms with Gasteiger partial charge in [0.05, 0.1) is 11.0 Å². The Morgan fingerprint density at radius 3 is 1.84 bits per heavy atom. The quantitative estimate of drug-likeness (QED) is 0.190. The van der Waals surface area contributed by atoms with Gasteiger partial charge in [-0.2, -0.15) is 0 Å². The van der Waals surface area contributed by atoms with Crippen LogP contribution in [0.5, 0.6) is 0 Å². The van der Waals surface area contributed by atoms with Crippen LogP contribution in [0, 0.1) is 0 Å². The van der Waals surface area contributed by atoms with E-state index < -0.39 is 0 Å². The number of anilines is 3. The van der Waals surface area contributed by atoms with Crippen LogP contribution in [0.25, 0.3) is 71.3 Å². The van der Waals surface area contributed by atoms with Crippen LogP contribution in [0.15, 0.2) is 186 Å². The van der Waals surface area contributed by atoms with Crippen LogP contribution in [0.4, 0.5) is 17.1 Å². The number of fused-ring (bicyclic) bond motifs is 8. The van der Waals surface area contributed by atoms with Gasteiger partial charge in [0.2, 0.25) is 0 Å². The summed E-state index contributed by atoms with van der Waals surface area (Å²) in [6.07, 6.45) is 0. The van der Waals surface area contributed by atoms with E-state index in [1.54, 1.807) is 0 Å². The van der Waals surface area contributed by atoms with E-state index in [-0.39, 0.29) is 0 Å². The molecule has 0 atom stereocenters. The third kappa shape index (κ3) is 4.44. The molecule has 230 valence electrons. The Bertz CT molecular complexity index is 2810. The molecule has 3 nitrogen and oxygen atoms in total. The Hall–Kier alpha value is -6.58. The van der Waals surface area contributed by atoms with Gasteiger partial charge in [-0.25, -0.2) is 0 Å². The molecule has 0 bridgehead atoms. The second-order valence-electron chi connectivity index (χ2n) is 12.6. The van der Waals surface area contributed by atoms with Crippen LogP contribution in [0.2, 0.25) is 0 Å². The Morgan fingerprint density at radius 1 is 0.408 bits per heavy atom. The van der Waals surface area contributed by atoms with E-state index in [2.05, 4.69) is 185 Å². The summed E-state index contributed by atoms with van der Waals surface area (Å²) in [5, 5.41) is 7.16. The molecule has 0 saturated carbocycles. The minimum absolute atomic E-state index is 0.905. The minimum Gasteiger partial charge on any atom is -0.454 e.